The van der Waals surface area contributed by atoms with Gasteiger partial charge in [-0.1, -0.05) is 40.2 Å². The number of ether oxygens (including phenoxy) is 1. The number of nitro groups is 1. The number of halogens is 2. The van der Waals surface area contributed by atoms with Crippen LogP contribution in [0.5, 0.6) is 0 Å². The van der Waals surface area contributed by atoms with Crippen LogP contribution in [-0.2, 0) is 4.74 Å². The molecular weight excluding hydrogens is 367 g/mol. The minimum Gasteiger partial charge on any atom is -0.370 e. The predicted molar refractivity (Wildman–Crippen MR) is 88.1 cm³/mol. The summed E-state index contributed by atoms with van der Waals surface area (Å²) in [6.07, 6.45) is -0.234. The van der Waals surface area contributed by atoms with Crippen LogP contribution in [0, 0.1) is 15.9 Å². The van der Waals surface area contributed by atoms with Crippen LogP contribution in [-0.4, -0.2) is 24.6 Å². The molecule has 0 bridgehead atoms. The lowest BCUT2D eigenvalue weighted by Gasteiger charge is -2.34. The minimum atomic E-state index is -0.823. The zero-order valence-corrected chi connectivity index (χ0v) is 13.7. The third-order valence-electron chi connectivity index (χ3n) is 3.81. The number of benzene rings is 2. The van der Waals surface area contributed by atoms with Gasteiger partial charge in [-0.3, -0.25) is 10.1 Å². The molecular formula is C16H14BrFN2O3. The number of morpholine rings is 1. The van der Waals surface area contributed by atoms with Crippen LogP contribution in [0.25, 0.3) is 0 Å². The van der Waals surface area contributed by atoms with E-state index in [1.807, 2.05) is 24.3 Å². The molecule has 1 unspecified atom stereocenters. The highest BCUT2D eigenvalue weighted by atomic mass is 79.9. The van der Waals surface area contributed by atoms with E-state index in [-0.39, 0.29) is 11.8 Å². The molecule has 5 nitrogen and oxygen atoms in total. The Balaban J connectivity index is 1.92. The molecule has 1 fully saturated rings. The second-order valence-corrected chi connectivity index (χ2v) is 6.05. The zero-order valence-electron chi connectivity index (χ0n) is 12.1. The molecule has 1 saturated heterocycles. The molecule has 0 N–H and O–H groups in total. The van der Waals surface area contributed by atoms with Crippen molar-refractivity contribution in [3.05, 3.63) is 68.4 Å². The van der Waals surface area contributed by atoms with Gasteiger partial charge in [0.15, 0.2) is 0 Å². The van der Waals surface area contributed by atoms with E-state index in [0.29, 0.717) is 19.7 Å². The number of para-hydroxylation sites is 1. The number of rotatable bonds is 3. The fraction of sp³-hybridized carbons (Fsp3) is 0.250. The predicted octanol–water partition coefficient (Wildman–Crippen LogP) is 4.07. The third kappa shape index (κ3) is 3.20. The van der Waals surface area contributed by atoms with E-state index in [0.717, 1.165) is 16.1 Å². The summed E-state index contributed by atoms with van der Waals surface area (Å²) in [5.74, 6) is -0.823. The second kappa shape index (κ2) is 6.64. The Labute approximate surface area is 141 Å². The normalized spacial score (nSPS) is 18.0. The molecule has 0 aromatic heterocycles. The Kier molecular flexibility index (Phi) is 4.58. The lowest BCUT2D eigenvalue weighted by atomic mass is 10.1. The summed E-state index contributed by atoms with van der Waals surface area (Å²) in [4.78, 5) is 12.3. The maximum absolute atomic E-state index is 13.8. The van der Waals surface area contributed by atoms with Gasteiger partial charge in [-0.05, 0) is 23.8 Å². The van der Waals surface area contributed by atoms with Crippen LogP contribution in [0.3, 0.4) is 0 Å². The summed E-state index contributed by atoms with van der Waals surface area (Å²) in [7, 11) is 0. The Bertz CT molecular complexity index is 741. The molecule has 7 heteroatoms. The van der Waals surface area contributed by atoms with Crippen molar-refractivity contribution < 1.29 is 14.1 Å². The van der Waals surface area contributed by atoms with E-state index in [1.165, 1.54) is 6.07 Å². The SMILES string of the molecule is O=[N+]([O-])c1c(F)cccc1N1CCOC(c2ccccc2Br)C1. The van der Waals surface area contributed by atoms with Crippen molar-refractivity contribution in [2.24, 2.45) is 0 Å². The molecule has 2 aromatic rings. The van der Waals surface area contributed by atoms with E-state index in [1.54, 1.807) is 11.0 Å². The summed E-state index contributed by atoms with van der Waals surface area (Å²) in [5, 5.41) is 11.2. The molecule has 0 radical (unpaired) electrons. The van der Waals surface area contributed by atoms with Crippen molar-refractivity contribution >= 4 is 27.3 Å². The van der Waals surface area contributed by atoms with E-state index in [4.69, 9.17) is 4.74 Å². The highest BCUT2D eigenvalue weighted by Crippen LogP contribution is 2.35. The van der Waals surface area contributed by atoms with Crippen molar-refractivity contribution in [1.29, 1.82) is 0 Å². The molecule has 1 atom stereocenters. The second-order valence-electron chi connectivity index (χ2n) is 5.19. The Morgan fingerprint density at radius 1 is 1.26 bits per heavy atom. The van der Waals surface area contributed by atoms with Gasteiger partial charge in [-0.2, -0.15) is 4.39 Å². The zero-order chi connectivity index (χ0) is 16.4. The number of anilines is 1. The van der Waals surface area contributed by atoms with Crippen LogP contribution in [0.4, 0.5) is 15.8 Å². The van der Waals surface area contributed by atoms with Gasteiger partial charge in [0.25, 0.3) is 0 Å². The smallest absolute Gasteiger partial charge is 0.327 e. The molecule has 0 saturated carbocycles. The van der Waals surface area contributed by atoms with Gasteiger partial charge < -0.3 is 9.64 Å². The van der Waals surface area contributed by atoms with Crippen molar-refractivity contribution in [3.8, 4) is 0 Å². The standard InChI is InChI=1S/C16H14BrFN2O3/c17-12-5-2-1-4-11(12)15-10-19(8-9-23-15)14-7-3-6-13(18)16(14)20(21)22/h1-7,15H,8-10H2. The van der Waals surface area contributed by atoms with Crippen LogP contribution in [0.15, 0.2) is 46.9 Å². The fourth-order valence-corrected chi connectivity index (χ4v) is 3.27. The Morgan fingerprint density at radius 3 is 2.78 bits per heavy atom. The van der Waals surface area contributed by atoms with Gasteiger partial charge in [0, 0.05) is 17.6 Å². The van der Waals surface area contributed by atoms with Crippen LogP contribution in [0.2, 0.25) is 0 Å². The minimum absolute atomic E-state index is 0.234. The number of hydrogen-bond donors (Lipinski definition) is 0. The van der Waals surface area contributed by atoms with E-state index < -0.39 is 16.4 Å². The molecule has 0 amide bonds. The van der Waals surface area contributed by atoms with Crippen molar-refractivity contribution in [1.82, 2.24) is 0 Å². The summed E-state index contributed by atoms with van der Waals surface area (Å²) < 4.78 is 20.5. The van der Waals surface area contributed by atoms with Crippen LogP contribution >= 0.6 is 15.9 Å². The monoisotopic (exact) mass is 380 g/mol. The lowest BCUT2D eigenvalue weighted by molar-refractivity contribution is -0.386. The average Bonchev–Trinajstić information content (AvgIpc) is 2.55. The molecule has 0 aliphatic carbocycles. The summed E-state index contributed by atoms with van der Waals surface area (Å²) in [6.45, 7) is 1.32. The molecule has 2 aromatic carbocycles. The highest BCUT2D eigenvalue weighted by Gasteiger charge is 2.29. The van der Waals surface area contributed by atoms with E-state index in [9.17, 15) is 14.5 Å². The number of nitro benzene ring substituents is 1. The Hall–Kier alpha value is -1.99. The average molecular weight is 381 g/mol. The summed E-state index contributed by atoms with van der Waals surface area (Å²) >= 11 is 3.49. The molecule has 1 aliphatic rings. The van der Waals surface area contributed by atoms with Crippen LogP contribution < -0.4 is 4.90 Å². The lowest BCUT2D eigenvalue weighted by Crippen LogP contribution is -2.38. The Morgan fingerprint density at radius 2 is 2.04 bits per heavy atom. The quantitative estimate of drug-likeness (QED) is 0.594. The van der Waals surface area contributed by atoms with Gasteiger partial charge in [-0.15, -0.1) is 0 Å². The first-order valence-electron chi connectivity index (χ1n) is 7.12. The largest absolute Gasteiger partial charge is 0.370 e. The third-order valence-corrected chi connectivity index (χ3v) is 4.53. The molecule has 120 valence electrons. The first-order chi connectivity index (χ1) is 11.1. The molecule has 1 aliphatic heterocycles. The first-order valence-corrected chi connectivity index (χ1v) is 7.91. The number of hydrogen-bond acceptors (Lipinski definition) is 4. The first kappa shape index (κ1) is 15.9. The summed E-state index contributed by atoms with van der Waals surface area (Å²) in [6, 6.07) is 11.8. The maximum Gasteiger partial charge on any atom is 0.327 e. The molecule has 1 heterocycles. The van der Waals surface area contributed by atoms with Crippen molar-refractivity contribution in [2.75, 3.05) is 24.6 Å². The van der Waals surface area contributed by atoms with Crippen LogP contribution in [0.1, 0.15) is 11.7 Å². The molecule has 0 spiro atoms. The van der Waals surface area contributed by atoms with Crippen molar-refractivity contribution in [3.63, 3.8) is 0 Å². The van der Waals surface area contributed by atoms with E-state index in [2.05, 4.69) is 15.9 Å². The summed E-state index contributed by atoms with van der Waals surface area (Å²) in [5.41, 5.74) is 0.770. The topological polar surface area (TPSA) is 55.6 Å². The van der Waals surface area contributed by atoms with E-state index >= 15 is 0 Å². The van der Waals surface area contributed by atoms with Gasteiger partial charge in [0.1, 0.15) is 11.8 Å². The van der Waals surface area contributed by atoms with Crippen molar-refractivity contribution in [2.45, 2.75) is 6.10 Å². The number of nitrogens with zero attached hydrogens (tertiary/aromatic N) is 2. The van der Waals surface area contributed by atoms with Gasteiger partial charge in [0.2, 0.25) is 5.82 Å². The fourth-order valence-electron chi connectivity index (χ4n) is 2.73. The maximum atomic E-state index is 13.8. The molecule has 3 rings (SSSR count). The highest BCUT2D eigenvalue weighted by molar-refractivity contribution is 9.10. The molecule has 23 heavy (non-hydrogen) atoms. The van der Waals surface area contributed by atoms with Gasteiger partial charge in [0.05, 0.1) is 11.5 Å². The van der Waals surface area contributed by atoms with Gasteiger partial charge >= 0.3 is 5.69 Å². The van der Waals surface area contributed by atoms with Gasteiger partial charge in [-0.25, -0.2) is 0 Å².